The number of sulfonamides is 1. The molecule has 190 valence electrons. The molecule has 0 aromatic heterocycles. The van der Waals surface area contributed by atoms with Gasteiger partial charge in [-0.05, 0) is 49.7 Å². The van der Waals surface area contributed by atoms with Crippen LogP contribution in [-0.4, -0.2) is 67.7 Å². The summed E-state index contributed by atoms with van der Waals surface area (Å²) in [6.07, 6.45) is 3.12. The fraction of sp³-hybridized carbons (Fsp3) is 0.400. The number of halogens is 1. The molecule has 8 nitrogen and oxygen atoms in total. The van der Waals surface area contributed by atoms with E-state index in [0.29, 0.717) is 5.69 Å². The fourth-order valence-electron chi connectivity index (χ4n) is 3.89. The van der Waals surface area contributed by atoms with Crippen LogP contribution in [0.3, 0.4) is 0 Å². The van der Waals surface area contributed by atoms with E-state index in [1.165, 1.54) is 33.5 Å². The summed E-state index contributed by atoms with van der Waals surface area (Å²) < 4.78 is 48.0. The zero-order valence-electron chi connectivity index (χ0n) is 20.3. The van der Waals surface area contributed by atoms with Crippen molar-refractivity contribution >= 4 is 27.8 Å². The molecule has 2 N–H and O–H groups in total. The number of allylic oxidation sites excluding steroid dienone is 1. The number of urea groups is 1. The average Bonchev–Trinajstić information content (AvgIpc) is 2.81. The molecule has 2 amide bonds. The summed E-state index contributed by atoms with van der Waals surface area (Å²) in [7, 11) is -2.35. The van der Waals surface area contributed by atoms with Crippen molar-refractivity contribution in [3.63, 3.8) is 0 Å². The number of likely N-dealkylation sites (N-methyl/N-ethyl adjacent to an activating group) is 1. The number of amides is 2. The van der Waals surface area contributed by atoms with Gasteiger partial charge in [0.05, 0.1) is 13.2 Å². The van der Waals surface area contributed by atoms with Gasteiger partial charge < -0.3 is 20.1 Å². The Balaban J connectivity index is 1.93. The van der Waals surface area contributed by atoms with Crippen molar-refractivity contribution in [2.75, 3.05) is 32.1 Å². The first kappa shape index (κ1) is 26.7. The fourth-order valence-corrected chi connectivity index (χ4v) is 5.72. The number of benzene rings is 2. The predicted octanol–water partition coefficient (Wildman–Crippen LogP) is 3.79. The molecule has 0 radical (unpaired) electrons. The number of carbonyl (C=O) groups excluding carboxylic acids is 1. The number of nitrogens with one attached hydrogen (secondary N) is 1. The van der Waals surface area contributed by atoms with Gasteiger partial charge in [-0.15, -0.1) is 0 Å². The number of hydrogen-bond acceptors (Lipinski definition) is 5. The highest BCUT2D eigenvalue weighted by Gasteiger charge is 2.38. The number of carbonyl (C=O) groups is 1. The highest BCUT2D eigenvalue weighted by atomic mass is 32.2. The molecule has 0 saturated carbocycles. The standard InChI is InChI=1S/C25H32FN3O5S/c1-5-7-19-10-11-24-22(12-19)34-23(17(2)14-29(18(3)16-30)35(24,32)33)15-28(4)25(31)27-21-9-6-8-20(26)13-21/h5-13,17-18,23,30H,14-16H2,1-4H3,(H,27,31)/t17-,18+,23+/m1/s1. The predicted molar refractivity (Wildman–Crippen MR) is 133 cm³/mol. The van der Waals surface area contributed by atoms with Crippen molar-refractivity contribution in [3.8, 4) is 5.75 Å². The zero-order valence-corrected chi connectivity index (χ0v) is 21.1. The largest absolute Gasteiger partial charge is 0.487 e. The first-order valence-electron chi connectivity index (χ1n) is 11.4. The summed E-state index contributed by atoms with van der Waals surface area (Å²) in [5.74, 6) is -0.594. The Hall–Kier alpha value is -2.95. The maximum Gasteiger partial charge on any atom is 0.321 e. The number of aliphatic hydroxyl groups is 1. The number of aliphatic hydroxyl groups excluding tert-OH is 1. The third-order valence-corrected chi connectivity index (χ3v) is 7.95. The maximum absolute atomic E-state index is 13.5. The van der Waals surface area contributed by atoms with Crippen molar-refractivity contribution in [3.05, 3.63) is 59.9 Å². The number of hydrogen-bond donors (Lipinski definition) is 2. The van der Waals surface area contributed by atoms with Gasteiger partial charge in [-0.2, -0.15) is 4.31 Å². The molecule has 0 spiro atoms. The molecule has 0 bridgehead atoms. The van der Waals surface area contributed by atoms with Crippen LogP contribution in [0.4, 0.5) is 14.9 Å². The van der Waals surface area contributed by atoms with Crippen molar-refractivity contribution in [2.24, 2.45) is 5.92 Å². The van der Waals surface area contributed by atoms with E-state index < -0.39 is 34.0 Å². The molecule has 2 aromatic rings. The summed E-state index contributed by atoms with van der Waals surface area (Å²) in [6, 6.07) is 9.36. The van der Waals surface area contributed by atoms with Crippen LogP contribution in [0, 0.1) is 11.7 Å². The molecule has 35 heavy (non-hydrogen) atoms. The van der Waals surface area contributed by atoms with Gasteiger partial charge in [-0.1, -0.05) is 31.2 Å². The molecule has 0 unspecified atom stereocenters. The van der Waals surface area contributed by atoms with Gasteiger partial charge in [0.1, 0.15) is 22.6 Å². The van der Waals surface area contributed by atoms with E-state index in [2.05, 4.69) is 5.32 Å². The Kier molecular flexibility index (Phi) is 8.52. The second kappa shape index (κ2) is 11.2. The molecular formula is C25H32FN3O5S. The van der Waals surface area contributed by atoms with Gasteiger partial charge in [0.2, 0.25) is 10.0 Å². The van der Waals surface area contributed by atoms with Gasteiger partial charge in [0.15, 0.2) is 0 Å². The van der Waals surface area contributed by atoms with Crippen LogP contribution in [0.25, 0.3) is 6.08 Å². The van der Waals surface area contributed by atoms with E-state index in [-0.39, 0.29) is 36.3 Å². The first-order valence-corrected chi connectivity index (χ1v) is 12.8. The molecule has 10 heteroatoms. The van der Waals surface area contributed by atoms with E-state index in [9.17, 15) is 22.7 Å². The molecule has 0 saturated heterocycles. The van der Waals surface area contributed by atoms with Crippen molar-refractivity contribution in [2.45, 2.75) is 37.8 Å². The van der Waals surface area contributed by atoms with Crippen LogP contribution in [0.2, 0.25) is 0 Å². The van der Waals surface area contributed by atoms with E-state index in [4.69, 9.17) is 4.74 Å². The second-order valence-corrected chi connectivity index (χ2v) is 10.6. The summed E-state index contributed by atoms with van der Waals surface area (Å²) >= 11 is 0. The monoisotopic (exact) mass is 505 g/mol. The molecule has 0 fully saturated rings. The van der Waals surface area contributed by atoms with Crippen molar-refractivity contribution in [1.82, 2.24) is 9.21 Å². The molecule has 1 aliphatic rings. The van der Waals surface area contributed by atoms with Crippen LogP contribution in [0.5, 0.6) is 5.75 Å². The van der Waals surface area contributed by atoms with Gasteiger partial charge in [-0.3, -0.25) is 0 Å². The van der Waals surface area contributed by atoms with E-state index in [0.717, 1.165) is 5.56 Å². The minimum Gasteiger partial charge on any atom is -0.487 e. The lowest BCUT2D eigenvalue weighted by molar-refractivity contribution is 0.0830. The SMILES string of the molecule is CC=Cc1ccc2c(c1)O[C@@H](CN(C)C(=O)Nc1cccc(F)c1)[C@H](C)CN([C@@H](C)CO)S2(=O)=O. The van der Waals surface area contributed by atoms with Crippen LogP contribution < -0.4 is 10.1 Å². The number of anilines is 1. The molecule has 3 atom stereocenters. The summed E-state index contributed by atoms with van der Waals surface area (Å²) in [4.78, 5) is 14.2. The molecule has 3 rings (SSSR count). The van der Waals surface area contributed by atoms with Crippen LogP contribution in [0.1, 0.15) is 26.3 Å². The molecule has 1 aliphatic heterocycles. The topological polar surface area (TPSA) is 99.2 Å². The van der Waals surface area contributed by atoms with Crippen molar-refractivity contribution < 1.29 is 27.4 Å². The minimum absolute atomic E-state index is 0.00909. The smallest absolute Gasteiger partial charge is 0.321 e. The van der Waals surface area contributed by atoms with Crippen LogP contribution >= 0.6 is 0 Å². The normalized spacial score (nSPS) is 20.9. The Morgan fingerprint density at radius 2 is 2.09 bits per heavy atom. The first-order chi connectivity index (χ1) is 16.6. The van der Waals surface area contributed by atoms with E-state index >= 15 is 0 Å². The highest BCUT2D eigenvalue weighted by molar-refractivity contribution is 7.89. The van der Waals surface area contributed by atoms with Crippen LogP contribution in [-0.2, 0) is 10.0 Å². The second-order valence-electron chi connectivity index (χ2n) is 8.77. The summed E-state index contributed by atoms with van der Waals surface area (Å²) in [5.41, 5.74) is 1.09. The number of ether oxygens (including phenoxy) is 1. The number of fused-ring (bicyclic) bond motifs is 1. The van der Waals surface area contributed by atoms with Crippen LogP contribution in [0.15, 0.2) is 53.4 Å². The zero-order chi connectivity index (χ0) is 25.8. The highest BCUT2D eigenvalue weighted by Crippen LogP contribution is 2.34. The lowest BCUT2D eigenvalue weighted by Crippen LogP contribution is -2.50. The Bertz CT molecular complexity index is 1190. The molecule has 1 heterocycles. The number of rotatable bonds is 6. The lowest BCUT2D eigenvalue weighted by atomic mass is 10.0. The Morgan fingerprint density at radius 3 is 2.74 bits per heavy atom. The number of nitrogens with zero attached hydrogens (tertiary/aromatic N) is 2. The average molecular weight is 506 g/mol. The molecule has 2 aromatic carbocycles. The quantitative estimate of drug-likeness (QED) is 0.622. The van der Waals surface area contributed by atoms with Gasteiger partial charge in [-0.25, -0.2) is 17.6 Å². The molecular weight excluding hydrogens is 473 g/mol. The Morgan fingerprint density at radius 1 is 1.34 bits per heavy atom. The van der Waals surface area contributed by atoms with Crippen molar-refractivity contribution in [1.29, 1.82) is 0 Å². The summed E-state index contributed by atoms with van der Waals surface area (Å²) in [6.45, 7) is 5.26. The minimum atomic E-state index is -3.94. The summed E-state index contributed by atoms with van der Waals surface area (Å²) in [5, 5.41) is 12.4. The third kappa shape index (κ3) is 6.19. The van der Waals surface area contributed by atoms with Gasteiger partial charge >= 0.3 is 6.03 Å². The van der Waals surface area contributed by atoms with E-state index in [1.54, 1.807) is 32.2 Å². The van der Waals surface area contributed by atoms with Gasteiger partial charge in [0.25, 0.3) is 0 Å². The van der Waals surface area contributed by atoms with E-state index in [1.807, 2.05) is 26.0 Å². The maximum atomic E-state index is 13.5. The third-order valence-electron chi connectivity index (χ3n) is 5.93. The lowest BCUT2D eigenvalue weighted by Gasteiger charge is -2.37. The molecule has 0 aliphatic carbocycles. The van der Waals surface area contributed by atoms with Gasteiger partial charge in [0, 0.05) is 31.2 Å². The Labute approximate surface area is 206 Å².